The molecule has 2 aliphatic rings. The van der Waals surface area contributed by atoms with Crippen molar-refractivity contribution in [2.75, 3.05) is 11.4 Å². The summed E-state index contributed by atoms with van der Waals surface area (Å²) in [6.07, 6.45) is 5.10. The number of carbonyl (C=O) groups excluding carboxylic acids is 1. The molecule has 3 aromatic rings. The van der Waals surface area contributed by atoms with E-state index in [4.69, 9.17) is 34.5 Å². The van der Waals surface area contributed by atoms with E-state index in [1.807, 2.05) is 18.5 Å². The van der Waals surface area contributed by atoms with E-state index >= 15 is 0 Å². The minimum atomic E-state index is -0.524. The number of halogens is 2. The van der Waals surface area contributed by atoms with E-state index in [1.165, 1.54) is 0 Å². The molecule has 2 heterocycles. The van der Waals surface area contributed by atoms with Crippen molar-refractivity contribution in [3.05, 3.63) is 64.2 Å². The van der Waals surface area contributed by atoms with Gasteiger partial charge in [-0.05, 0) is 61.9 Å². The van der Waals surface area contributed by atoms with Crippen molar-refractivity contribution in [1.82, 2.24) is 9.55 Å². The predicted molar refractivity (Wildman–Crippen MR) is 121 cm³/mol. The van der Waals surface area contributed by atoms with Crippen molar-refractivity contribution < 1.29 is 9.53 Å². The molecule has 8 heteroatoms. The minimum absolute atomic E-state index is 0.338. The molecule has 1 aliphatic heterocycles. The van der Waals surface area contributed by atoms with Gasteiger partial charge in [-0.3, -0.25) is 4.90 Å². The largest absolute Gasteiger partial charge is 0.441 e. The Labute approximate surface area is 190 Å². The van der Waals surface area contributed by atoms with E-state index < -0.39 is 5.60 Å². The third-order valence-corrected chi connectivity index (χ3v) is 6.82. The van der Waals surface area contributed by atoms with Gasteiger partial charge in [0.2, 0.25) is 0 Å². The second-order valence-corrected chi connectivity index (χ2v) is 9.22. The van der Waals surface area contributed by atoms with Gasteiger partial charge in [-0.25, -0.2) is 14.6 Å². The number of carbonyl (C=O) groups is 1. The van der Waals surface area contributed by atoms with E-state index in [1.54, 1.807) is 29.2 Å². The van der Waals surface area contributed by atoms with Gasteiger partial charge in [-0.15, -0.1) is 0 Å². The molecule has 1 amide bonds. The average Bonchev–Trinajstić information content (AvgIpc) is 3.30. The first-order valence-corrected chi connectivity index (χ1v) is 11.0. The third-order valence-electron chi connectivity index (χ3n) is 6.26. The summed E-state index contributed by atoms with van der Waals surface area (Å²) in [5.74, 6) is 0.338. The maximum Gasteiger partial charge on any atom is 0.415 e. The highest BCUT2D eigenvalue weighted by Gasteiger charge is 2.48. The number of anilines is 1. The molecule has 1 saturated carbocycles. The lowest BCUT2D eigenvalue weighted by Gasteiger charge is -2.36. The Balaban J connectivity index is 1.37. The molecule has 2 aromatic carbocycles. The maximum atomic E-state index is 12.7. The van der Waals surface area contributed by atoms with Crippen LogP contribution in [0, 0.1) is 12.5 Å². The van der Waals surface area contributed by atoms with Crippen LogP contribution in [0.4, 0.5) is 16.2 Å². The molecule has 1 aromatic heterocycles. The first-order chi connectivity index (χ1) is 15.0. The van der Waals surface area contributed by atoms with Crippen LogP contribution in [0.15, 0.2) is 42.7 Å². The van der Waals surface area contributed by atoms with Crippen LogP contribution in [-0.2, 0) is 11.3 Å². The zero-order valence-electron chi connectivity index (χ0n) is 16.7. The zero-order chi connectivity index (χ0) is 21.6. The number of imidazole rings is 1. The lowest BCUT2D eigenvalue weighted by Crippen LogP contribution is -2.40. The fraction of sp³-hybridized carbons (Fsp3) is 0.348. The molecular weight excluding hydrogens is 435 g/mol. The van der Waals surface area contributed by atoms with Gasteiger partial charge < -0.3 is 9.30 Å². The van der Waals surface area contributed by atoms with Gasteiger partial charge in [0.25, 0.3) is 0 Å². The first-order valence-electron chi connectivity index (χ1n) is 10.2. The lowest BCUT2D eigenvalue weighted by molar-refractivity contribution is 0.00439. The summed E-state index contributed by atoms with van der Waals surface area (Å²) in [6, 6.07) is 10.7. The molecule has 31 heavy (non-hydrogen) atoms. The Hall–Kier alpha value is -2.75. The lowest BCUT2D eigenvalue weighted by atomic mass is 9.78. The smallest absolute Gasteiger partial charge is 0.415 e. The maximum absolute atomic E-state index is 12.7. The van der Waals surface area contributed by atoms with Crippen LogP contribution in [0.25, 0.3) is 15.9 Å². The van der Waals surface area contributed by atoms with Crippen LogP contribution in [0.2, 0.25) is 10.0 Å². The van der Waals surface area contributed by atoms with Gasteiger partial charge >= 0.3 is 6.09 Å². The summed E-state index contributed by atoms with van der Waals surface area (Å²) >= 11 is 12.5. The predicted octanol–water partition coefficient (Wildman–Crippen LogP) is 6.48. The molecule has 1 aliphatic carbocycles. The Morgan fingerprint density at radius 3 is 2.97 bits per heavy atom. The van der Waals surface area contributed by atoms with Gasteiger partial charge in [-0.2, -0.15) is 0 Å². The van der Waals surface area contributed by atoms with E-state index in [-0.39, 0.29) is 6.09 Å². The quantitative estimate of drug-likeness (QED) is 0.425. The minimum Gasteiger partial charge on any atom is -0.441 e. The van der Waals surface area contributed by atoms with Crippen molar-refractivity contribution in [3.63, 3.8) is 0 Å². The van der Waals surface area contributed by atoms with E-state index in [9.17, 15) is 4.79 Å². The van der Waals surface area contributed by atoms with Crippen LogP contribution < -0.4 is 4.90 Å². The van der Waals surface area contributed by atoms with Crippen molar-refractivity contribution in [3.8, 4) is 0 Å². The average molecular weight is 455 g/mol. The highest BCUT2D eigenvalue weighted by molar-refractivity contribution is 6.35. The number of hydrogen-bond acceptors (Lipinski definition) is 3. The fourth-order valence-electron chi connectivity index (χ4n) is 4.88. The SMILES string of the molecule is [C-]#[N+]c1ccc2ncn(C[C@H]3CCC[C@]4(C3)CN(c3cc(Cl)ccc3Cl)C(=O)O4)c2c1. The van der Waals surface area contributed by atoms with Crippen molar-refractivity contribution in [2.45, 2.75) is 37.8 Å². The zero-order valence-corrected chi connectivity index (χ0v) is 18.2. The van der Waals surface area contributed by atoms with Gasteiger partial charge in [0.1, 0.15) is 5.60 Å². The molecule has 0 radical (unpaired) electrons. The number of aromatic nitrogens is 2. The van der Waals surface area contributed by atoms with Crippen LogP contribution in [0.1, 0.15) is 25.7 Å². The normalized spacial score (nSPS) is 23.3. The van der Waals surface area contributed by atoms with Crippen molar-refractivity contribution in [1.29, 1.82) is 0 Å². The van der Waals surface area contributed by atoms with Gasteiger partial charge in [0, 0.05) is 11.6 Å². The Morgan fingerprint density at radius 2 is 2.13 bits per heavy atom. The van der Waals surface area contributed by atoms with Crippen LogP contribution in [0.3, 0.4) is 0 Å². The summed E-state index contributed by atoms with van der Waals surface area (Å²) in [6.45, 7) is 8.51. The molecule has 1 saturated heterocycles. The second-order valence-electron chi connectivity index (χ2n) is 8.38. The number of fused-ring (bicyclic) bond motifs is 1. The number of rotatable bonds is 3. The number of amides is 1. The molecule has 0 unspecified atom stereocenters. The fourth-order valence-corrected chi connectivity index (χ4v) is 5.26. The van der Waals surface area contributed by atoms with Crippen molar-refractivity contribution in [2.24, 2.45) is 5.92 Å². The summed E-state index contributed by atoms with van der Waals surface area (Å²) in [5.41, 5.74) is 2.51. The molecule has 6 nitrogen and oxygen atoms in total. The van der Waals surface area contributed by atoms with Crippen LogP contribution in [0.5, 0.6) is 0 Å². The van der Waals surface area contributed by atoms with Gasteiger partial charge in [0.05, 0.1) is 41.2 Å². The van der Waals surface area contributed by atoms with Gasteiger partial charge in [-0.1, -0.05) is 29.3 Å². The van der Waals surface area contributed by atoms with E-state index in [0.717, 1.165) is 43.3 Å². The molecule has 2 atom stereocenters. The number of ether oxygens (including phenoxy) is 1. The Morgan fingerprint density at radius 1 is 1.26 bits per heavy atom. The van der Waals surface area contributed by atoms with E-state index in [2.05, 4.69) is 14.4 Å². The molecule has 2 fully saturated rings. The third kappa shape index (κ3) is 3.73. The number of benzene rings is 2. The van der Waals surface area contributed by atoms with Gasteiger partial charge in [0.15, 0.2) is 5.69 Å². The first kappa shape index (κ1) is 20.2. The summed E-state index contributed by atoms with van der Waals surface area (Å²) in [5, 5.41) is 1.01. The Bertz CT molecular complexity index is 1220. The monoisotopic (exact) mass is 454 g/mol. The summed E-state index contributed by atoms with van der Waals surface area (Å²) in [7, 11) is 0. The summed E-state index contributed by atoms with van der Waals surface area (Å²) < 4.78 is 8.05. The van der Waals surface area contributed by atoms with Crippen molar-refractivity contribution >= 4 is 51.7 Å². The second kappa shape index (κ2) is 7.74. The topological polar surface area (TPSA) is 51.7 Å². The molecule has 158 valence electrons. The highest BCUT2D eigenvalue weighted by Crippen LogP contribution is 2.43. The molecular formula is C23H20Cl2N4O2. The molecule has 1 spiro atoms. The number of hydrogen-bond donors (Lipinski definition) is 0. The number of nitrogens with zero attached hydrogens (tertiary/aromatic N) is 4. The summed E-state index contributed by atoms with van der Waals surface area (Å²) in [4.78, 5) is 22.3. The van der Waals surface area contributed by atoms with Crippen LogP contribution in [-0.4, -0.2) is 27.8 Å². The van der Waals surface area contributed by atoms with E-state index in [0.29, 0.717) is 33.9 Å². The standard InChI is InChI=1S/C23H20Cl2N4O2/c1-26-17-5-7-19-21(10-17)28(14-27-19)12-15-3-2-8-23(11-15)13-29(22(30)31-23)20-9-16(24)4-6-18(20)25/h4-7,9-10,14-15H,2-3,8,11-13H2/t15-,23-/m0/s1. The molecule has 5 rings (SSSR count). The van der Waals surface area contributed by atoms with Crippen LogP contribution >= 0.6 is 23.2 Å². The Kier molecular flexibility index (Phi) is 5.04. The molecule has 0 bridgehead atoms. The highest BCUT2D eigenvalue weighted by atomic mass is 35.5. The molecule has 0 N–H and O–H groups in total.